The van der Waals surface area contributed by atoms with Gasteiger partial charge in [-0.1, -0.05) is 18.2 Å². The van der Waals surface area contributed by atoms with Crippen molar-refractivity contribution in [1.29, 1.82) is 0 Å². The molecular weight excluding hydrogens is 260 g/mol. The van der Waals surface area contributed by atoms with Crippen LogP contribution in [0.15, 0.2) is 24.3 Å². The average molecular weight is 284 g/mol. The van der Waals surface area contributed by atoms with Gasteiger partial charge in [-0.25, -0.2) is 0 Å². The molecular formula is C18H24N2O. The quantitative estimate of drug-likeness (QED) is 0.861. The number of para-hydroxylation sites is 1. The number of aromatic nitrogens is 1. The summed E-state index contributed by atoms with van der Waals surface area (Å²) in [5, 5.41) is 1.45. The van der Waals surface area contributed by atoms with E-state index in [1.165, 1.54) is 29.4 Å². The van der Waals surface area contributed by atoms with Gasteiger partial charge in [0.05, 0.1) is 12.3 Å². The van der Waals surface area contributed by atoms with Crippen molar-refractivity contribution in [2.45, 2.75) is 37.8 Å². The molecule has 0 bridgehead atoms. The number of benzene rings is 1. The highest BCUT2D eigenvalue weighted by Gasteiger charge is 2.43. The lowest BCUT2D eigenvalue weighted by Crippen LogP contribution is -2.42. The van der Waals surface area contributed by atoms with E-state index in [0.29, 0.717) is 0 Å². The van der Waals surface area contributed by atoms with E-state index in [2.05, 4.69) is 47.8 Å². The van der Waals surface area contributed by atoms with Crippen molar-refractivity contribution in [3.63, 3.8) is 0 Å². The summed E-state index contributed by atoms with van der Waals surface area (Å²) in [5.41, 5.74) is 4.40. The summed E-state index contributed by atoms with van der Waals surface area (Å²) in [5.74, 6) is 0. The van der Waals surface area contributed by atoms with Crippen LogP contribution in [0.5, 0.6) is 0 Å². The van der Waals surface area contributed by atoms with Crippen LogP contribution in [-0.4, -0.2) is 36.7 Å². The maximum Gasteiger partial charge on any atom is 0.110 e. The lowest BCUT2D eigenvalue weighted by molar-refractivity contribution is -0.0892. The summed E-state index contributed by atoms with van der Waals surface area (Å²) >= 11 is 0. The van der Waals surface area contributed by atoms with E-state index in [0.717, 1.165) is 32.5 Å². The van der Waals surface area contributed by atoms with E-state index < -0.39 is 0 Å². The fraction of sp³-hybridized carbons (Fsp3) is 0.556. The highest BCUT2D eigenvalue weighted by molar-refractivity contribution is 5.86. The van der Waals surface area contributed by atoms with Gasteiger partial charge >= 0.3 is 0 Å². The number of nitrogens with zero attached hydrogens (tertiary/aromatic N) is 2. The summed E-state index contributed by atoms with van der Waals surface area (Å²) in [6.45, 7) is 3.10. The van der Waals surface area contributed by atoms with Gasteiger partial charge in [-0.15, -0.1) is 0 Å². The molecule has 1 atom stereocenters. The molecule has 0 fully saturated rings. The Balaban J connectivity index is 1.90. The van der Waals surface area contributed by atoms with E-state index in [1.807, 2.05) is 0 Å². The first-order chi connectivity index (χ1) is 10.2. The zero-order chi connectivity index (χ0) is 14.4. The minimum atomic E-state index is -0.0465. The standard InChI is InChI=1S/C18H24N2O/c1-19(2)12-10-18-9-5-11-20-16-7-4-3-6-14(16)15(17(18)20)8-13-21-18/h3-4,6-7H,5,8-13H2,1-2H3. The Kier molecular flexibility index (Phi) is 3.09. The van der Waals surface area contributed by atoms with Gasteiger partial charge in [-0.3, -0.25) is 0 Å². The second kappa shape index (κ2) is 4.85. The molecule has 1 aromatic heterocycles. The fourth-order valence-corrected chi connectivity index (χ4v) is 4.23. The number of fused-ring (bicyclic) bond motifs is 3. The third kappa shape index (κ3) is 1.95. The molecule has 2 aromatic rings. The molecule has 3 nitrogen and oxygen atoms in total. The van der Waals surface area contributed by atoms with Gasteiger partial charge in [0.25, 0.3) is 0 Å². The molecule has 0 aliphatic carbocycles. The Morgan fingerprint density at radius 3 is 3.00 bits per heavy atom. The number of hydrogen-bond acceptors (Lipinski definition) is 2. The predicted molar refractivity (Wildman–Crippen MR) is 85.7 cm³/mol. The smallest absolute Gasteiger partial charge is 0.110 e. The predicted octanol–water partition coefficient (Wildman–Crippen LogP) is 3.15. The van der Waals surface area contributed by atoms with Gasteiger partial charge in [-0.2, -0.15) is 0 Å². The first-order valence-electron chi connectivity index (χ1n) is 8.10. The van der Waals surface area contributed by atoms with Crippen LogP contribution in [0, 0.1) is 0 Å². The van der Waals surface area contributed by atoms with Crippen molar-refractivity contribution in [2.75, 3.05) is 27.2 Å². The Labute approximate surface area is 126 Å². The Morgan fingerprint density at radius 1 is 1.29 bits per heavy atom. The maximum absolute atomic E-state index is 6.41. The fourth-order valence-electron chi connectivity index (χ4n) is 4.23. The first-order valence-corrected chi connectivity index (χ1v) is 8.10. The SMILES string of the molecule is CN(C)CCC12CCCn3c1c(c1ccccc13)CCO2. The average Bonchev–Trinajstić information content (AvgIpc) is 2.83. The lowest BCUT2D eigenvalue weighted by atomic mass is 9.82. The minimum Gasteiger partial charge on any atom is -0.368 e. The van der Waals surface area contributed by atoms with Crippen LogP contribution in [0.4, 0.5) is 0 Å². The summed E-state index contributed by atoms with van der Waals surface area (Å²) in [4.78, 5) is 2.27. The van der Waals surface area contributed by atoms with Crippen LogP contribution >= 0.6 is 0 Å². The zero-order valence-corrected chi connectivity index (χ0v) is 13.1. The van der Waals surface area contributed by atoms with Crippen molar-refractivity contribution in [3.05, 3.63) is 35.5 Å². The second-order valence-corrected chi connectivity index (χ2v) is 6.75. The Bertz CT molecular complexity index is 624. The van der Waals surface area contributed by atoms with Crippen LogP contribution in [0.2, 0.25) is 0 Å². The molecule has 0 saturated carbocycles. The monoisotopic (exact) mass is 284 g/mol. The molecule has 0 N–H and O–H groups in total. The molecule has 4 rings (SSSR count). The second-order valence-electron chi connectivity index (χ2n) is 6.75. The Hall–Kier alpha value is -1.32. The number of hydrogen-bond donors (Lipinski definition) is 0. The molecule has 3 heterocycles. The van der Waals surface area contributed by atoms with E-state index in [1.54, 1.807) is 5.56 Å². The number of aryl methyl sites for hydroxylation is 1. The summed E-state index contributed by atoms with van der Waals surface area (Å²) in [7, 11) is 4.30. The number of ether oxygens (including phenoxy) is 1. The third-order valence-corrected chi connectivity index (χ3v) is 5.16. The maximum atomic E-state index is 6.41. The largest absolute Gasteiger partial charge is 0.368 e. The van der Waals surface area contributed by atoms with Gasteiger partial charge < -0.3 is 14.2 Å². The van der Waals surface area contributed by atoms with Gasteiger partial charge in [0, 0.05) is 24.0 Å². The van der Waals surface area contributed by atoms with Crippen LogP contribution in [0.1, 0.15) is 30.5 Å². The normalized spacial score (nSPS) is 24.5. The molecule has 2 aliphatic rings. The molecule has 2 aliphatic heterocycles. The van der Waals surface area contributed by atoms with Gasteiger partial charge in [-0.05, 0) is 51.4 Å². The van der Waals surface area contributed by atoms with E-state index in [4.69, 9.17) is 4.74 Å². The van der Waals surface area contributed by atoms with Crippen molar-refractivity contribution >= 4 is 10.9 Å². The molecule has 21 heavy (non-hydrogen) atoms. The van der Waals surface area contributed by atoms with Crippen LogP contribution in [0.25, 0.3) is 10.9 Å². The van der Waals surface area contributed by atoms with Crippen molar-refractivity contribution in [3.8, 4) is 0 Å². The molecule has 112 valence electrons. The third-order valence-electron chi connectivity index (χ3n) is 5.16. The lowest BCUT2D eigenvalue weighted by Gasteiger charge is -2.42. The topological polar surface area (TPSA) is 17.4 Å². The molecule has 3 heteroatoms. The van der Waals surface area contributed by atoms with Gasteiger partial charge in [0.1, 0.15) is 5.60 Å². The summed E-state index contributed by atoms with van der Waals surface area (Å²) in [6.07, 6.45) is 4.55. The van der Waals surface area contributed by atoms with Crippen LogP contribution < -0.4 is 0 Å². The molecule has 1 aromatic carbocycles. The van der Waals surface area contributed by atoms with E-state index in [9.17, 15) is 0 Å². The van der Waals surface area contributed by atoms with E-state index in [-0.39, 0.29) is 5.60 Å². The Morgan fingerprint density at radius 2 is 2.14 bits per heavy atom. The first kappa shape index (κ1) is 13.4. The van der Waals surface area contributed by atoms with Crippen molar-refractivity contribution < 1.29 is 4.74 Å². The molecule has 1 unspecified atom stereocenters. The van der Waals surface area contributed by atoms with Gasteiger partial charge in [0.2, 0.25) is 0 Å². The van der Waals surface area contributed by atoms with Crippen molar-refractivity contribution in [2.24, 2.45) is 0 Å². The van der Waals surface area contributed by atoms with Crippen molar-refractivity contribution in [1.82, 2.24) is 9.47 Å². The highest BCUT2D eigenvalue weighted by Crippen LogP contribution is 2.46. The summed E-state index contributed by atoms with van der Waals surface area (Å²) in [6, 6.07) is 8.89. The molecule has 0 radical (unpaired) electrons. The number of rotatable bonds is 3. The molecule has 0 amide bonds. The zero-order valence-electron chi connectivity index (χ0n) is 13.1. The minimum absolute atomic E-state index is 0.0465. The highest BCUT2D eigenvalue weighted by atomic mass is 16.5. The van der Waals surface area contributed by atoms with Crippen LogP contribution in [0.3, 0.4) is 0 Å². The van der Waals surface area contributed by atoms with E-state index >= 15 is 0 Å². The molecule has 0 saturated heterocycles. The summed E-state index contributed by atoms with van der Waals surface area (Å²) < 4.78 is 8.95. The van der Waals surface area contributed by atoms with Gasteiger partial charge in [0.15, 0.2) is 0 Å². The van der Waals surface area contributed by atoms with Crippen LogP contribution in [-0.2, 0) is 23.3 Å². The molecule has 0 spiro atoms.